The van der Waals surface area contributed by atoms with Crippen molar-refractivity contribution in [3.8, 4) is 5.75 Å². The van der Waals surface area contributed by atoms with Crippen LogP contribution < -0.4 is 15.8 Å². The maximum absolute atomic E-state index is 12.6. The van der Waals surface area contributed by atoms with Gasteiger partial charge in [0, 0.05) is 24.6 Å². The average Bonchev–Trinajstić information content (AvgIpc) is 3.17. The Morgan fingerprint density at radius 3 is 2.44 bits per heavy atom. The Bertz CT molecular complexity index is 777. The molecule has 1 fully saturated rings. The van der Waals surface area contributed by atoms with Crippen LogP contribution in [0, 0.1) is 5.92 Å². The molecule has 1 aliphatic rings. The third kappa shape index (κ3) is 4.46. The summed E-state index contributed by atoms with van der Waals surface area (Å²) in [5.74, 6) is 0.777. The molecule has 0 radical (unpaired) electrons. The van der Waals surface area contributed by atoms with Gasteiger partial charge in [0.25, 0.3) is 5.91 Å². The first kappa shape index (κ1) is 18.9. The van der Waals surface area contributed by atoms with E-state index in [1.807, 2.05) is 18.2 Å². The molecule has 0 aromatic heterocycles. The number of hydrogen-bond donors (Lipinski definition) is 2. The van der Waals surface area contributed by atoms with E-state index in [1.165, 1.54) is 5.56 Å². The number of ether oxygens (including phenoxy) is 1. The van der Waals surface area contributed by atoms with E-state index < -0.39 is 0 Å². The lowest BCUT2D eigenvalue weighted by Crippen LogP contribution is -2.39. The number of nitrogens with two attached hydrogens (primary N) is 1. The number of carbonyl (C=O) groups is 2. The molecule has 6 nitrogen and oxygen atoms in total. The van der Waals surface area contributed by atoms with Gasteiger partial charge in [0.15, 0.2) is 0 Å². The summed E-state index contributed by atoms with van der Waals surface area (Å²) < 4.78 is 5.08. The predicted molar refractivity (Wildman–Crippen MR) is 104 cm³/mol. The normalized spacial score (nSPS) is 19.0. The van der Waals surface area contributed by atoms with E-state index in [0.717, 1.165) is 0 Å². The number of rotatable bonds is 6. The summed E-state index contributed by atoms with van der Waals surface area (Å²) in [5, 5.41) is 2.70. The van der Waals surface area contributed by atoms with Gasteiger partial charge in [0.1, 0.15) is 5.75 Å². The highest BCUT2D eigenvalue weighted by atomic mass is 16.5. The molecule has 0 aliphatic carbocycles. The van der Waals surface area contributed by atoms with Crippen LogP contribution in [-0.2, 0) is 4.79 Å². The van der Waals surface area contributed by atoms with Crippen LogP contribution >= 0.6 is 0 Å². The van der Waals surface area contributed by atoms with Crippen molar-refractivity contribution in [2.45, 2.75) is 5.92 Å². The molecule has 0 spiro atoms. The van der Waals surface area contributed by atoms with Crippen molar-refractivity contribution in [3.63, 3.8) is 0 Å². The SMILES string of the molecule is COc1ccc(C(=O)NCC(=O)N2C[C@@H](CN)[C@H](c3ccccc3)C2)cc1. The highest BCUT2D eigenvalue weighted by molar-refractivity contribution is 5.96. The molecule has 1 saturated heterocycles. The molecule has 0 bridgehead atoms. The fourth-order valence-corrected chi connectivity index (χ4v) is 3.50. The Labute approximate surface area is 159 Å². The third-order valence-electron chi connectivity index (χ3n) is 5.08. The molecule has 2 atom stereocenters. The van der Waals surface area contributed by atoms with Crippen molar-refractivity contribution >= 4 is 11.8 Å². The van der Waals surface area contributed by atoms with Gasteiger partial charge in [-0.2, -0.15) is 0 Å². The molecule has 0 unspecified atom stereocenters. The number of amides is 2. The molecule has 142 valence electrons. The third-order valence-corrected chi connectivity index (χ3v) is 5.08. The van der Waals surface area contributed by atoms with Crippen LogP contribution in [0.3, 0.4) is 0 Å². The molecule has 3 rings (SSSR count). The second-order valence-electron chi connectivity index (χ2n) is 6.72. The Morgan fingerprint density at radius 1 is 1.11 bits per heavy atom. The van der Waals surface area contributed by atoms with Crippen LogP contribution in [0.25, 0.3) is 0 Å². The number of nitrogens with one attached hydrogen (secondary N) is 1. The van der Waals surface area contributed by atoms with Gasteiger partial charge >= 0.3 is 0 Å². The van der Waals surface area contributed by atoms with Crippen LogP contribution in [0.2, 0.25) is 0 Å². The first-order valence-corrected chi connectivity index (χ1v) is 9.07. The zero-order valence-corrected chi connectivity index (χ0v) is 15.4. The summed E-state index contributed by atoms with van der Waals surface area (Å²) in [6, 6.07) is 16.9. The van der Waals surface area contributed by atoms with Gasteiger partial charge in [-0.3, -0.25) is 9.59 Å². The molecule has 2 amide bonds. The molecular formula is C21H25N3O3. The Morgan fingerprint density at radius 2 is 1.81 bits per heavy atom. The number of hydrogen-bond acceptors (Lipinski definition) is 4. The minimum absolute atomic E-state index is 0.0241. The van der Waals surface area contributed by atoms with Gasteiger partial charge in [-0.05, 0) is 42.3 Å². The maximum atomic E-state index is 12.6. The lowest BCUT2D eigenvalue weighted by atomic mass is 9.89. The molecule has 2 aromatic carbocycles. The topological polar surface area (TPSA) is 84.7 Å². The molecule has 0 saturated carbocycles. The fraction of sp³-hybridized carbons (Fsp3) is 0.333. The minimum Gasteiger partial charge on any atom is -0.497 e. The first-order chi connectivity index (χ1) is 13.1. The van der Waals surface area contributed by atoms with Crippen LogP contribution in [0.1, 0.15) is 21.8 Å². The highest BCUT2D eigenvalue weighted by Crippen LogP contribution is 2.31. The molecule has 1 aliphatic heterocycles. The van der Waals surface area contributed by atoms with E-state index in [0.29, 0.717) is 30.9 Å². The molecule has 3 N–H and O–H groups in total. The number of benzene rings is 2. The van der Waals surface area contributed by atoms with Gasteiger partial charge in [-0.25, -0.2) is 0 Å². The van der Waals surface area contributed by atoms with Crippen molar-refractivity contribution in [3.05, 3.63) is 65.7 Å². The van der Waals surface area contributed by atoms with E-state index in [2.05, 4.69) is 17.4 Å². The fourth-order valence-electron chi connectivity index (χ4n) is 3.50. The van der Waals surface area contributed by atoms with Crippen molar-refractivity contribution in [1.82, 2.24) is 10.2 Å². The van der Waals surface area contributed by atoms with Gasteiger partial charge < -0.3 is 20.7 Å². The van der Waals surface area contributed by atoms with Crippen molar-refractivity contribution in [2.75, 3.05) is 33.3 Å². The van der Waals surface area contributed by atoms with Crippen LogP contribution in [-0.4, -0.2) is 50.0 Å². The summed E-state index contributed by atoms with van der Waals surface area (Å²) in [5.41, 5.74) is 7.62. The second-order valence-corrected chi connectivity index (χ2v) is 6.72. The summed E-state index contributed by atoms with van der Waals surface area (Å²) >= 11 is 0. The van der Waals surface area contributed by atoms with Gasteiger partial charge in [-0.1, -0.05) is 30.3 Å². The summed E-state index contributed by atoms with van der Waals surface area (Å²) in [7, 11) is 1.57. The zero-order valence-electron chi connectivity index (χ0n) is 15.4. The molecule has 1 heterocycles. The minimum atomic E-state index is -0.278. The predicted octanol–water partition coefficient (Wildman–Crippen LogP) is 1.63. The van der Waals surface area contributed by atoms with Gasteiger partial charge in [-0.15, -0.1) is 0 Å². The Kier molecular flexibility index (Phi) is 6.08. The smallest absolute Gasteiger partial charge is 0.251 e. The number of methoxy groups -OCH3 is 1. The summed E-state index contributed by atoms with van der Waals surface area (Å²) in [6.45, 7) is 1.75. The summed E-state index contributed by atoms with van der Waals surface area (Å²) in [6.07, 6.45) is 0. The lowest BCUT2D eigenvalue weighted by molar-refractivity contribution is -0.129. The van der Waals surface area contributed by atoms with E-state index in [4.69, 9.17) is 10.5 Å². The lowest BCUT2D eigenvalue weighted by Gasteiger charge is -2.17. The molecule has 2 aromatic rings. The monoisotopic (exact) mass is 367 g/mol. The quantitative estimate of drug-likeness (QED) is 0.813. The van der Waals surface area contributed by atoms with E-state index in [1.54, 1.807) is 36.3 Å². The summed E-state index contributed by atoms with van der Waals surface area (Å²) in [4.78, 5) is 26.6. The van der Waals surface area contributed by atoms with Crippen LogP contribution in [0.4, 0.5) is 0 Å². The van der Waals surface area contributed by atoms with Crippen LogP contribution in [0.15, 0.2) is 54.6 Å². The Hall–Kier alpha value is -2.86. The molecule has 27 heavy (non-hydrogen) atoms. The number of carbonyl (C=O) groups excluding carboxylic acids is 2. The van der Waals surface area contributed by atoms with Crippen molar-refractivity contribution in [2.24, 2.45) is 11.7 Å². The van der Waals surface area contributed by atoms with Crippen LogP contribution in [0.5, 0.6) is 5.75 Å². The number of nitrogens with zero attached hydrogens (tertiary/aromatic N) is 1. The Balaban J connectivity index is 1.57. The maximum Gasteiger partial charge on any atom is 0.251 e. The van der Waals surface area contributed by atoms with E-state index in [9.17, 15) is 9.59 Å². The van der Waals surface area contributed by atoms with E-state index >= 15 is 0 Å². The number of likely N-dealkylation sites (tertiary alicyclic amines) is 1. The second kappa shape index (κ2) is 8.68. The van der Waals surface area contributed by atoms with Crippen molar-refractivity contribution < 1.29 is 14.3 Å². The van der Waals surface area contributed by atoms with Gasteiger partial charge in [0.05, 0.1) is 13.7 Å². The molecule has 6 heteroatoms. The largest absolute Gasteiger partial charge is 0.497 e. The standard InChI is InChI=1S/C21H25N3O3/c1-27-18-9-7-16(8-10-18)21(26)23-12-20(25)24-13-17(11-22)19(14-24)15-5-3-2-4-6-15/h2-10,17,19H,11-14,22H2,1H3,(H,23,26)/t17-,19+/m1/s1. The molecular weight excluding hydrogens is 342 g/mol. The first-order valence-electron chi connectivity index (χ1n) is 9.07. The average molecular weight is 367 g/mol. The zero-order chi connectivity index (χ0) is 19.2. The van der Waals surface area contributed by atoms with Gasteiger partial charge in [0.2, 0.25) is 5.91 Å². The highest BCUT2D eigenvalue weighted by Gasteiger charge is 2.35. The van der Waals surface area contributed by atoms with E-state index in [-0.39, 0.29) is 30.2 Å². The van der Waals surface area contributed by atoms with Crippen molar-refractivity contribution in [1.29, 1.82) is 0 Å².